The van der Waals surface area contributed by atoms with Gasteiger partial charge in [0.1, 0.15) is 6.04 Å². The van der Waals surface area contributed by atoms with E-state index in [2.05, 4.69) is 5.32 Å². The fourth-order valence-electron chi connectivity index (χ4n) is 2.66. The second-order valence-corrected chi connectivity index (χ2v) is 5.81. The topological polar surface area (TPSA) is 58.6 Å². The first kappa shape index (κ1) is 16.8. The minimum atomic E-state index is -0.285. The molecule has 0 bridgehead atoms. The van der Waals surface area contributed by atoms with Crippen molar-refractivity contribution in [3.05, 3.63) is 34.9 Å². The molecule has 1 N–H and O–H groups in total. The fraction of sp³-hybridized carbons (Fsp3) is 0.500. The van der Waals surface area contributed by atoms with Crippen LogP contribution in [0.4, 0.5) is 0 Å². The summed E-state index contributed by atoms with van der Waals surface area (Å²) in [7, 11) is 1.38. The molecule has 1 saturated heterocycles. The van der Waals surface area contributed by atoms with Gasteiger partial charge < -0.3 is 10.1 Å². The first-order chi connectivity index (χ1) is 10.6. The lowest BCUT2D eigenvalue weighted by molar-refractivity contribution is -0.146. The highest BCUT2D eigenvalue weighted by atomic mass is 35.5. The number of carbonyl (C=O) groups excluding carboxylic acids is 2. The zero-order chi connectivity index (χ0) is 15.9. The molecule has 1 heterocycles. The predicted molar refractivity (Wildman–Crippen MR) is 84.8 cm³/mol. The van der Waals surface area contributed by atoms with Crippen molar-refractivity contribution in [3.63, 3.8) is 0 Å². The lowest BCUT2D eigenvalue weighted by atomic mass is 10.1. The molecule has 1 amide bonds. The Morgan fingerprint density at radius 1 is 1.36 bits per heavy atom. The number of amides is 1. The van der Waals surface area contributed by atoms with Crippen LogP contribution in [0.1, 0.15) is 18.4 Å². The second-order valence-electron chi connectivity index (χ2n) is 5.38. The third kappa shape index (κ3) is 4.71. The Morgan fingerprint density at radius 3 is 2.77 bits per heavy atom. The number of rotatable bonds is 6. The molecule has 6 heteroatoms. The van der Waals surface area contributed by atoms with Gasteiger partial charge in [0.25, 0.3) is 0 Å². The van der Waals surface area contributed by atoms with Gasteiger partial charge in [-0.3, -0.25) is 14.5 Å². The normalized spacial score (nSPS) is 18.2. The first-order valence-electron chi connectivity index (χ1n) is 7.43. The summed E-state index contributed by atoms with van der Waals surface area (Å²) in [4.78, 5) is 25.5. The SMILES string of the molecule is COC(=O)[C@@H]1CCCN1CC(=O)NCCc1ccc(Cl)cc1. The standard InChI is InChI=1S/C16H21ClN2O3/c1-22-16(21)14-3-2-10-19(14)11-15(20)18-9-8-12-4-6-13(17)7-5-12/h4-7,14H,2-3,8-11H2,1H3,(H,18,20)/t14-/m0/s1. The van der Waals surface area contributed by atoms with Crippen LogP contribution >= 0.6 is 11.6 Å². The summed E-state index contributed by atoms with van der Waals surface area (Å²) < 4.78 is 4.77. The molecule has 0 unspecified atom stereocenters. The molecule has 2 rings (SSSR count). The van der Waals surface area contributed by atoms with E-state index in [9.17, 15) is 9.59 Å². The molecular formula is C16H21ClN2O3. The van der Waals surface area contributed by atoms with E-state index in [1.807, 2.05) is 29.2 Å². The van der Waals surface area contributed by atoms with E-state index in [1.165, 1.54) is 7.11 Å². The quantitative estimate of drug-likeness (QED) is 0.808. The summed E-state index contributed by atoms with van der Waals surface area (Å²) >= 11 is 5.83. The molecule has 1 aliphatic heterocycles. The summed E-state index contributed by atoms with van der Waals surface area (Å²) in [5.74, 6) is -0.323. The highest BCUT2D eigenvalue weighted by molar-refractivity contribution is 6.30. The Labute approximate surface area is 135 Å². The van der Waals surface area contributed by atoms with Crippen LogP contribution in [0.15, 0.2) is 24.3 Å². The average molecular weight is 325 g/mol. The van der Waals surface area contributed by atoms with Crippen LogP contribution in [0.3, 0.4) is 0 Å². The van der Waals surface area contributed by atoms with Gasteiger partial charge in [0, 0.05) is 11.6 Å². The summed E-state index contributed by atoms with van der Waals surface area (Å²) in [6, 6.07) is 7.28. The highest BCUT2D eigenvalue weighted by Crippen LogP contribution is 2.17. The van der Waals surface area contributed by atoms with Crippen molar-refractivity contribution in [2.75, 3.05) is 26.7 Å². The molecule has 5 nitrogen and oxygen atoms in total. The number of methoxy groups -OCH3 is 1. The number of carbonyl (C=O) groups is 2. The summed E-state index contributed by atoms with van der Waals surface area (Å²) in [5.41, 5.74) is 1.12. The maximum Gasteiger partial charge on any atom is 0.323 e. The molecule has 0 aliphatic carbocycles. The fourth-order valence-corrected chi connectivity index (χ4v) is 2.78. The van der Waals surface area contributed by atoms with Gasteiger partial charge in [0.15, 0.2) is 0 Å². The summed E-state index contributed by atoms with van der Waals surface area (Å²) in [6.45, 7) is 1.56. The van der Waals surface area contributed by atoms with Gasteiger partial charge in [0.05, 0.1) is 13.7 Å². The van der Waals surface area contributed by atoms with Crippen molar-refractivity contribution in [2.24, 2.45) is 0 Å². The van der Waals surface area contributed by atoms with Crippen molar-refractivity contribution < 1.29 is 14.3 Å². The second kappa shape index (κ2) is 8.15. The van der Waals surface area contributed by atoms with Crippen LogP contribution in [0.25, 0.3) is 0 Å². The van der Waals surface area contributed by atoms with Gasteiger partial charge in [-0.1, -0.05) is 23.7 Å². The number of likely N-dealkylation sites (tertiary alicyclic amines) is 1. The molecule has 0 aromatic heterocycles. The zero-order valence-electron chi connectivity index (χ0n) is 12.7. The number of nitrogens with zero attached hydrogens (tertiary/aromatic N) is 1. The van der Waals surface area contributed by atoms with Gasteiger partial charge in [-0.2, -0.15) is 0 Å². The van der Waals surface area contributed by atoms with Crippen molar-refractivity contribution >= 4 is 23.5 Å². The lowest BCUT2D eigenvalue weighted by Crippen LogP contribution is -2.43. The number of nitrogens with one attached hydrogen (secondary N) is 1. The van der Waals surface area contributed by atoms with Gasteiger partial charge in [-0.25, -0.2) is 0 Å². The van der Waals surface area contributed by atoms with Crippen LogP contribution in [0.2, 0.25) is 5.02 Å². The van der Waals surface area contributed by atoms with Gasteiger partial charge >= 0.3 is 5.97 Å². The summed E-state index contributed by atoms with van der Waals surface area (Å²) in [6.07, 6.45) is 2.42. The van der Waals surface area contributed by atoms with E-state index < -0.39 is 0 Å². The Kier molecular flexibility index (Phi) is 6.21. The van der Waals surface area contributed by atoms with E-state index in [-0.39, 0.29) is 24.5 Å². The van der Waals surface area contributed by atoms with E-state index >= 15 is 0 Å². The highest BCUT2D eigenvalue weighted by Gasteiger charge is 2.32. The molecule has 1 aromatic carbocycles. The van der Waals surface area contributed by atoms with Crippen LogP contribution < -0.4 is 5.32 Å². The molecule has 1 atom stereocenters. The van der Waals surface area contributed by atoms with Gasteiger partial charge in [-0.15, -0.1) is 0 Å². The van der Waals surface area contributed by atoms with Crippen molar-refractivity contribution in [1.82, 2.24) is 10.2 Å². The van der Waals surface area contributed by atoms with Gasteiger partial charge in [0.2, 0.25) is 5.91 Å². The zero-order valence-corrected chi connectivity index (χ0v) is 13.4. The van der Waals surface area contributed by atoms with E-state index in [0.717, 1.165) is 31.4 Å². The van der Waals surface area contributed by atoms with Gasteiger partial charge in [-0.05, 0) is 43.5 Å². The number of hydrogen-bond donors (Lipinski definition) is 1. The van der Waals surface area contributed by atoms with Crippen LogP contribution in [-0.4, -0.2) is 49.6 Å². The number of hydrogen-bond acceptors (Lipinski definition) is 4. The molecule has 1 fully saturated rings. The van der Waals surface area contributed by atoms with Crippen LogP contribution in [0, 0.1) is 0 Å². The summed E-state index contributed by atoms with van der Waals surface area (Å²) in [5, 5.41) is 3.59. The molecule has 22 heavy (non-hydrogen) atoms. The predicted octanol–water partition coefficient (Wildman–Crippen LogP) is 1.64. The molecular weight excluding hydrogens is 304 g/mol. The molecule has 0 spiro atoms. The number of ether oxygens (including phenoxy) is 1. The molecule has 0 radical (unpaired) electrons. The first-order valence-corrected chi connectivity index (χ1v) is 7.81. The average Bonchev–Trinajstić information content (AvgIpc) is 2.96. The number of esters is 1. The van der Waals surface area contributed by atoms with Crippen molar-refractivity contribution in [3.8, 4) is 0 Å². The molecule has 1 aromatic rings. The monoisotopic (exact) mass is 324 g/mol. The van der Waals surface area contributed by atoms with Crippen molar-refractivity contribution in [2.45, 2.75) is 25.3 Å². The third-order valence-electron chi connectivity index (χ3n) is 3.83. The van der Waals surface area contributed by atoms with Crippen LogP contribution in [-0.2, 0) is 20.7 Å². The van der Waals surface area contributed by atoms with E-state index in [0.29, 0.717) is 11.6 Å². The minimum absolute atomic E-state index is 0.0650. The molecule has 120 valence electrons. The Bertz CT molecular complexity index is 519. The Morgan fingerprint density at radius 2 is 2.09 bits per heavy atom. The van der Waals surface area contributed by atoms with Crippen LogP contribution in [0.5, 0.6) is 0 Å². The maximum atomic E-state index is 12.0. The van der Waals surface area contributed by atoms with Crippen molar-refractivity contribution in [1.29, 1.82) is 0 Å². The smallest absolute Gasteiger partial charge is 0.323 e. The minimum Gasteiger partial charge on any atom is -0.468 e. The maximum absolute atomic E-state index is 12.0. The largest absolute Gasteiger partial charge is 0.468 e. The molecule has 1 aliphatic rings. The van der Waals surface area contributed by atoms with E-state index in [4.69, 9.17) is 16.3 Å². The number of benzene rings is 1. The Balaban J connectivity index is 1.73. The molecule has 0 saturated carbocycles. The van der Waals surface area contributed by atoms with E-state index in [1.54, 1.807) is 0 Å². The number of halogens is 1. The lowest BCUT2D eigenvalue weighted by Gasteiger charge is -2.21. The third-order valence-corrected chi connectivity index (χ3v) is 4.08. The Hall–Kier alpha value is -1.59.